The lowest BCUT2D eigenvalue weighted by Crippen LogP contribution is -2.51. The molecule has 33 heavy (non-hydrogen) atoms. The maximum atomic E-state index is 12.7. The van der Waals surface area contributed by atoms with Crippen LogP contribution in [0.5, 0.6) is 11.5 Å². The lowest BCUT2D eigenvalue weighted by atomic mass is 9.84. The predicted octanol–water partition coefficient (Wildman–Crippen LogP) is 0.486. The van der Waals surface area contributed by atoms with Gasteiger partial charge in [0.2, 0.25) is 5.91 Å². The van der Waals surface area contributed by atoms with Gasteiger partial charge in [0.15, 0.2) is 17.5 Å². The summed E-state index contributed by atoms with van der Waals surface area (Å²) in [6.07, 6.45) is 4.99. The minimum Gasteiger partial charge on any atom is -0.493 e. The van der Waals surface area contributed by atoms with Crippen LogP contribution in [0.25, 0.3) is 0 Å². The largest absolute Gasteiger partial charge is 0.493 e. The monoisotopic (exact) mass is 464 g/mol. The summed E-state index contributed by atoms with van der Waals surface area (Å²) in [5.41, 5.74) is 6.64. The van der Waals surface area contributed by atoms with E-state index < -0.39 is 24.7 Å². The normalized spacial score (nSPS) is 16.5. The highest BCUT2D eigenvalue weighted by Crippen LogP contribution is 2.28. The van der Waals surface area contributed by atoms with Gasteiger partial charge in [0.05, 0.1) is 33.4 Å². The number of carbonyl (C=O) groups is 2. The fourth-order valence-electron chi connectivity index (χ4n) is 3.94. The molecular weight excluding hydrogens is 428 g/mol. The lowest BCUT2D eigenvalue weighted by molar-refractivity contribution is -0.124. The van der Waals surface area contributed by atoms with Gasteiger partial charge in [-0.1, -0.05) is 38.2 Å². The van der Waals surface area contributed by atoms with E-state index in [4.69, 9.17) is 20.3 Å². The second-order valence-electron chi connectivity index (χ2n) is 8.28. The van der Waals surface area contributed by atoms with E-state index >= 15 is 0 Å². The highest BCUT2D eigenvalue weighted by Gasteiger charge is 2.25. The minimum absolute atomic E-state index is 0.00488. The van der Waals surface area contributed by atoms with Crippen LogP contribution in [0.4, 0.5) is 0 Å². The summed E-state index contributed by atoms with van der Waals surface area (Å²) in [6.45, 7) is -0.525. The number of ether oxygens (including phenoxy) is 2. The third-order valence-electron chi connectivity index (χ3n) is 5.70. The van der Waals surface area contributed by atoms with Gasteiger partial charge in [-0.2, -0.15) is 4.99 Å². The molecule has 0 aromatic heterocycles. The second-order valence-corrected chi connectivity index (χ2v) is 8.28. The highest BCUT2D eigenvalue weighted by atomic mass is 16.5. The molecule has 1 aromatic carbocycles. The molecule has 1 saturated carbocycles. The van der Waals surface area contributed by atoms with Crippen molar-refractivity contribution < 1.29 is 29.3 Å². The number of carbonyl (C=O) groups excluding carboxylic acids is 2. The van der Waals surface area contributed by atoms with Gasteiger partial charge >= 0.3 is 0 Å². The summed E-state index contributed by atoms with van der Waals surface area (Å²) in [6, 6.07) is 4.45. The topological polar surface area (TPSA) is 156 Å². The standard InChI is InChI=1S/C23H36N4O6/c1-32-19-9-8-16(11-20(19)33-2)12-21(30)27-23(24)26-18(10-15-6-4-3-5-7-15)22(31)25-13-17(29)14-28/h8-9,11,15,17-18,28-29H,3-7,10,12-14H2,1-2H3,(H,25,31)(H3,24,26,27,30). The predicted molar refractivity (Wildman–Crippen MR) is 124 cm³/mol. The number of aliphatic hydroxyl groups is 2. The van der Waals surface area contributed by atoms with Gasteiger partial charge in [-0.05, 0) is 30.0 Å². The van der Waals surface area contributed by atoms with Crippen LogP contribution < -0.4 is 25.8 Å². The molecule has 2 atom stereocenters. The molecule has 2 amide bonds. The zero-order valence-corrected chi connectivity index (χ0v) is 19.4. The van der Waals surface area contributed by atoms with Crippen molar-refractivity contribution in [3.05, 3.63) is 23.8 Å². The van der Waals surface area contributed by atoms with Crippen molar-refractivity contribution in [2.75, 3.05) is 27.4 Å². The third-order valence-corrected chi connectivity index (χ3v) is 5.70. The van der Waals surface area contributed by atoms with E-state index in [1.54, 1.807) is 18.2 Å². The van der Waals surface area contributed by atoms with Gasteiger partial charge in [-0.25, -0.2) is 0 Å². The molecule has 1 aliphatic carbocycles. The number of hydrogen-bond donors (Lipinski definition) is 5. The van der Waals surface area contributed by atoms with Crippen molar-refractivity contribution >= 4 is 17.8 Å². The minimum atomic E-state index is -1.04. The summed E-state index contributed by atoms with van der Waals surface area (Å²) in [5.74, 6) is 0.450. The first-order valence-electron chi connectivity index (χ1n) is 11.3. The zero-order valence-electron chi connectivity index (χ0n) is 19.4. The molecule has 6 N–H and O–H groups in total. The summed E-state index contributed by atoms with van der Waals surface area (Å²) < 4.78 is 10.4. The van der Waals surface area contributed by atoms with Crippen molar-refractivity contribution in [3.8, 4) is 11.5 Å². The molecular formula is C23H36N4O6. The average molecular weight is 465 g/mol. The van der Waals surface area contributed by atoms with Crippen molar-refractivity contribution in [1.29, 1.82) is 0 Å². The van der Waals surface area contributed by atoms with Crippen LogP contribution in [-0.4, -0.2) is 67.5 Å². The van der Waals surface area contributed by atoms with Crippen molar-refractivity contribution in [2.24, 2.45) is 16.6 Å². The number of aliphatic imine (C=N–C) groups is 1. The molecule has 0 radical (unpaired) electrons. The fourth-order valence-corrected chi connectivity index (χ4v) is 3.94. The van der Waals surface area contributed by atoms with Crippen LogP contribution in [0.15, 0.2) is 23.2 Å². The Balaban J connectivity index is 2.03. The molecule has 10 heteroatoms. The zero-order chi connectivity index (χ0) is 24.2. The average Bonchev–Trinajstić information content (AvgIpc) is 2.82. The molecule has 1 fully saturated rings. The van der Waals surface area contributed by atoms with E-state index in [9.17, 15) is 14.7 Å². The summed E-state index contributed by atoms with van der Waals surface area (Å²) in [5, 5.41) is 24.0. The molecule has 184 valence electrons. The summed E-state index contributed by atoms with van der Waals surface area (Å²) >= 11 is 0. The smallest absolute Gasteiger partial charge is 0.253 e. The van der Waals surface area contributed by atoms with E-state index in [1.807, 2.05) is 0 Å². The Hall–Kier alpha value is -2.85. The van der Waals surface area contributed by atoms with Crippen LogP contribution in [0.2, 0.25) is 0 Å². The second kappa shape index (κ2) is 13.6. The van der Waals surface area contributed by atoms with E-state index in [2.05, 4.69) is 15.6 Å². The molecule has 1 aliphatic rings. The quantitative estimate of drug-likeness (QED) is 0.234. The van der Waals surface area contributed by atoms with E-state index in [-0.39, 0.29) is 24.8 Å². The number of nitrogens with zero attached hydrogens (tertiary/aromatic N) is 1. The summed E-state index contributed by atoms with van der Waals surface area (Å²) in [4.78, 5) is 29.0. The van der Waals surface area contributed by atoms with Gasteiger partial charge in [-0.3, -0.25) is 9.59 Å². The Morgan fingerprint density at radius 3 is 2.52 bits per heavy atom. The number of guanidine groups is 1. The maximum absolute atomic E-state index is 12.7. The number of rotatable bonds is 11. The van der Waals surface area contributed by atoms with Gasteiger partial charge in [0, 0.05) is 6.54 Å². The van der Waals surface area contributed by atoms with Crippen molar-refractivity contribution in [1.82, 2.24) is 10.6 Å². The van der Waals surface area contributed by atoms with E-state index in [1.165, 1.54) is 20.6 Å². The molecule has 2 rings (SSSR count). The first-order chi connectivity index (χ1) is 15.9. The maximum Gasteiger partial charge on any atom is 0.253 e. The number of amides is 2. The Kier molecular flexibility index (Phi) is 10.9. The number of nitrogens with two attached hydrogens (primary N) is 1. The molecule has 10 nitrogen and oxygen atoms in total. The lowest BCUT2D eigenvalue weighted by Gasteiger charge is -2.27. The highest BCUT2D eigenvalue weighted by molar-refractivity contribution is 5.95. The molecule has 0 heterocycles. The SMILES string of the molecule is COc1ccc(CC(=O)N=C(N)NC(CC2CCCCC2)C(=O)NCC(O)CO)cc1OC. The Labute approximate surface area is 194 Å². The molecule has 0 aliphatic heterocycles. The van der Waals surface area contributed by atoms with E-state index in [0.29, 0.717) is 29.4 Å². The van der Waals surface area contributed by atoms with Crippen molar-refractivity contribution in [2.45, 2.75) is 57.1 Å². The van der Waals surface area contributed by atoms with Crippen LogP contribution in [0, 0.1) is 5.92 Å². The van der Waals surface area contributed by atoms with Crippen LogP contribution >= 0.6 is 0 Å². The number of nitrogens with one attached hydrogen (secondary N) is 2. The van der Waals surface area contributed by atoms with Gasteiger partial charge in [0.1, 0.15) is 6.04 Å². The molecule has 2 unspecified atom stereocenters. The molecule has 0 bridgehead atoms. The van der Waals surface area contributed by atoms with Crippen LogP contribution in [-0.2, 0) is 16.0 Å². The number of benzene rings is 1. The molecule has 0 spiro atoms. The van der Waals surface area contributed by atoms with Crippen molar-refractivity contribution in [3.63, 3.8) is 0 Å². The van der Waals surface area contributed by atoms with Crippen LogP contribution in [0.1, 0.15) is 44.1 Å². The van der Waals surface area contributed by atoms with Crippen LogP contribution in [0.3, 0.4) is 0 Å². The number of aliphatic hydroxyl groups excluding tert-OH is 2. The van der Waals surface area contributed by atoms with E-state index in [0.717, 1.165) is 25.7 Å². The summed E-state index contributed by atoms with van der Waals surface area (Å²) in [7, 11) is 3.05. The fraction of sp³-hybridized carbons (Fsp3) is 0.609. The molecule has 0 saturated heterocycles. The van der Waals surface area contributed by atoms with Gasteiger partial charge in [0.25, 0.3) is 5.91 Å². The third kappa shape index (κ3) is 8.89. The Morgan fingerprint density at radius 1 is 1.18 bits per heavy atom. The molecule has 1 aromatic rings. The number of methoxy groups -OCH3 is 2. The Bertz CT molecular complexity index is 810. The first-order valence-corrected chi connectivity index (χ1v) is 11.3. The van der Waals surface area contributed by atoms with Gasteiger partial charge in [-0.15, -0.1) is 0 Å². The first kappa shape index (κ1) is 26.4. The van der Waals surface area contributed by atoms with Gasteiger partial charge < -0.3 is 36.1 Å². The number of hydrogen-bond acceptors (Lipinski definition) is 6. The Morgan fingerprint density at radius 2 is 1.88 bits per heavy atom.